The second-order valence-corrected chi connectivity index (χ2v) is 4.86. The van der Waals surface area contributed by atoms with Crippen LogP contribution < -0.4 is 5.73 Å². The largest absolute Gasteiger partial charge is 0.369 e. The highest BCUT2D eigenvalue weighted by molar-refractivity contribution is 7.92. The van der Waals surface area contributed by atoms with Crippen molar-refractivity contribution in [3.63, 3.8) is 0 Å². The Labute approximate surface area is 89.7 Å². The third kappa shape index (κ3) is 2.34. The van der Waals surface area contributed by atoms with E-state index < -0.39 is 37.3 Å². The van der Waals surface area contributed by atoms with E-state index in [4.69, 9.17) is 5.73 Å². The number of hydrogen-bond acceptors (Lipinski definition) is 6. The average Bonchev–Trinajstić information content (AvgIpc) is 2.45. The van der Waals surface area contributed by atoms with Crippen molar-refractivity contribution >= 4 is 21.6 Å². The number of H-pyrrole nitrogens is 1. The summed E-state index contributed by atoms with van der Waals surface area (Å²) in [6.07, 6.45) is 0. The molecule has 88 valence electrons. The zero-order valence-electron chi connectivity index (χ0n) is 8.13. The fourth-order valence-electron chi connectivity index (χ4n) is 1.05. The molecular formula is C6H8N4O5S. The fraction of sp³-hybridized carbons (Fsp3) is 0.333. The minimum atomic E-state index is -4.17. The molecular weight excluding hydrogens is 240 g/mol. The first-order valence-electron chi connectivity index (χ1n) is 3.96. The highest BCUT2D eigenvalue weighted by Gasteiger charge is 2.31. The zero-order chi connectivity index (χ0) is 12.5. The first-order chi connectivity index (χ1) is 7.24. The third-order valence-corrected chi connectivity index (χ3v) is 3.12. The Balaban J connectivity index is 3.32. The van der Waals surface area contributed by atoms with Gasteiger partial charge in [-0.3, -0.25) is 4.79 Å². The maximum absolute atomic E-state index is 11.5. The highest BCUT2D eigenvalue weighted by atomic mass is 32.2. The molecule has 3 N–H and O–H groups in total. The zero-order valence-corrected chi connectivity index (χ0v) is 8.94. The van der Waals surface area contributed by atoms with Crippen molar-refractivity contribution in [2.75, 3.05) is 5.75 Å². The monoisotopic (exact) mass is 248 g/mol. The number of imidazole rings is 1. The van der Waals surface area contributed by atoms with Crippen molar-refractivity contribution in [1.82, 2.24) is 9.97 Å². The summed E-state index contributed by atoms with van der Waals surface area (Å²) in [5.41, 5.74) is 4.72. The lowest BCUT2D eigenvalue weighted by Gasteiger charge is -1.97. The van der Waals surface area contributed by atoms with Gasteiger partial charge in [-0.2, -0.15) is 4.98 Å². The van der Waals surface area contributed by atoms with Gasteiger partial charge in [0.15, 0.2) is 5.82 Å². The van der Waals surface area contributed by atoms with Crippen LogP contribution in [0.2, 0.25) is 0 Å². The predicted octanol–water partition coefficient (Wildman–Crippen LogP) is -1.11. The van der Waals surface area contributed by atoms with Crippen molar-refractivity contribution in [3.8, 4) is 0 Å². The van der Waals surface area contributed by atoms with Crippen LogP contribution in [0.4, 0.5) is 5.82 Å². The molecule has 0 radical (unpaired) electrons. The van der Waals surface area contributed by atoms with Crippen LogP contribution in [0.5, 0.6) is 0 Å². The predicted molar refractivity (Wildman–Crippen MR) is 51.2 cm³/mol. The topological polar surface area (TPSA) is 149 Å². The summed E-state index contributed by atoms with van der Waals surface area (Å²) >= 11 is 0. The van der Waals surface area contributed by atoms with Gasteiger partial charge in [-0.1, -0.05) is 0 Å². The van der Waals surface area contributed by atoms with Crippen LogP contribution in [0.25, 0.3) is 0 Å². The van der Waals surface area contributed by atoms with Crippen LogP contribution >= 0.6 is 0 Å². The normalized spacial score (nSPS) is 11.3. The van der Waals surface area contributed by atoms with E-state index in [-0.39, 0.29) is 5.82 Å². The standard InChI is InChI=1S/C6H8N4O5S/c1-3-8-5(10(12)13)6(9-3)16(14,15)2-4(7)11/h2H2,1H3,(H2,7,11)(H,8,9). The Morgan fingerprint density at radius 2 is 2.19 bits per heavy atom. The molecule has 0 saturated carbocycles. The summed E-state index contributed by atoms with van der Waals surface area (Å²) in [6, 6.07) is 0. The molecule has 0 aliphatic carbocycles. The molecule has 1 rings (SSSR count). The molecule has 1 aromatic heterocycles. The summed E-state index contributed by atoms with van der Waals surface area (Å²) < 4.78 is 23.0. The van der Waals surface area contributed by atoms with Crippen molar-refractivity contribution in [1.29, 1.82) is 0 Å². The molecule has 16 heavy (non-hydrogen) atoms. The molecule has 0 atom stereocenters. The van der Waals surface area contributed by atoms with Crippen LogP contribution in [0.1, 0.15) is 5.82 Å². The number of amides is 1. The highest BCUT2D eigenvalue weighted by Crippen LogP contribution is 2.21. The Kier molecular flexibility index (Phi) is 2.94. The van der Waals surface area contributed by atoms with Crippen LogP contribution in [-0.2, 0) is 14.6 Å². The number of rotatable bonds is 4. The van der Waals surface area contributed by atoms with Gasteiger partial charge in [-0.25, -0.2) is 13.4 Å². The number of aromatic nitrogens is 2. The minimum absolute atomic E-state index is 0.0646. The van der Waals surface area contributed by atoms with Crippen LogP contribution in [0.15, 0.2) is 5.03 Å². The number of aromatic amines is 1. The first kappa shape index (κ1) is 12.1. The maximum Gasteiger partial charge on any atom is 0.360 e. The van der Waals surface area contributed by atoms with E-state index in [2.05, 4.69) is 9.97 Å². The molecule has 0 saturated heterocycles. The SMILES string of the molecule is Cc1nc(S(=O)(=O)CC(N)=O)c([N+](=O)[O-])[nH]1. The third-order valence-electron chi connectivity index (χ3n) is 1.58. The quantitative estimate of drug-likeness (QED) is 0.509. The maximum atomic E-state index is 11.5. The summed E-state index contributed by atoms with van der Waals surface area (Å²) in [6.45, 7) is 1.36. The van der Waals surface area contributed by atoms with Crippen molar-refractivity contribution < 1.29 is 18.1 Å². The van der Waals surface area contributed by atoms with E-state index in [1.165, 1.54) is 6.92 Å². The van der Waals surface area contributed by atoms with Gasteiger partial charge in [-0.15, -0.1) is 0 Å². The number of nitrogens with two attached hydrogens (primary N) is 1. The lowest BCUT2D eigenvalue weighted by molar-refractivity contribution is -0.392. The van der Waals surface area contributed by atoms with Crippen LogP contribution in [-0.4, -0.2) is 35.0 Å². The number of nitrogens with one attached hydrogen (secondary N) is 1. The Morgan fingerprint density at radius 3 is 2.62 bits per heavy atom. The molecule has 10 heteroatoms. The molecule has 0 spiro atoms. The van der Waals surface area contributed by atoms with Gasteiger partial charge in [0, 0.05) is 6.92 Å². The van der Waals surface area contributed by atoms with Gasteiger partial charge in [0.25, 0.3) is 5.03 Å². The lowest BCUT2D eigenvalue weighted by Crippen LogP contribution is -2.23. The second kappa shape index (κ2) is 3.89. The van der Waals surface area contributed by atoms with E-state index in [0.29, 0.717) is 0 Å². The molecule has 1 aromatic rings. The summed E-state index contributed by atoms with van der Waals surface area (Å²) in [4.78, 5) is 25.8. The Bertz CT molecular complexity index is 545. The van der Waals surface area contributed by atoms with Crippen molar-refractivity contribution in [2.45, 2.75) is 11.9 Å². The number of nitro groups is 1. The smallest absolute Gasteiger partial charge is 0.360 e. The number of hydrogen-bond donors (Lipinski definition) is 2. The van der Waals surface area contributed by atoms with E-state index in [1.807, 2.05) is 0 Å². The average molecular weight is 248 g/mol. The fourth-order valence-corrected chi connectivity index (χ4v) is 2.26. The molecule has 1 heterocycles. The van der Waals surface area contributed by atoms with Gasteiger partial charge in [0.2, 0.25) is 15.7 Å². The van der Waals surface area contributed by atoms with Crippen LogP contribution in [0.3, 0.4) is 0 Å². The summed E-state index contributed by atoms with van der Waals surface area (Å²) in [7, 11) is -4.17. The van der Waals surface area contributed by atoms with E-state index >= 15 is 0 Å². The molecule has 0 aliphatic heterocycles. The lowest BCUT2D eigenvalue weighted by atomic mass is 10.7. The minimum Gasteiger partial charge on any atom is -0.369 e. The van der Waals surface area contributed by atoms with Gasteiger partial charge in [0.1, 0.15) is 5.75 Å². The number of aryl methyl sites for hydroxylation is 1. The molecule has 0 unspecified atom stereocenters. The van der Waals surface area contributed by atoms with E-state index in [9.17, 15) is 23.3 Å². The first-order valence-corrected chi connectivity index (χ1v) is 5.61. The molecule has 0 bridgehead atoms. The number of nitrogens with zero attached hydrogens (tertiary/aromatic N) is 2. The Morgan fingerprint density at radius 1 is 1.62 bits per heavy atom. The number of sulfone groups is 1. The molecule has 0 aromatic carbocycles. The summed E-state index contributed by atoms with van der Waals surface area (Å²) in [5.74, 6) is -2.82. The van der Waals surface area contributed by atoms with Gasteiger partial charge >= 0.3 is 5.82 Å². The Hall–Kier alpha value is -1.97. The van der Waals surface area contributed by atoms with Gasteiger partial charge in [0.05, 0.1) is 0 Å². The van der Waals surface area contributed by atoms with Crippen LogP contribution in [0, 0.1) is 17.0 Å². The summed E-state index contributed by atoms with van der Waals surface area (Å²) in [5, 5.41) is 9.75. The van der Waals surface area contributed by atoms with Gasteiger partial charge < -0.3 is 15.8 Å². The van der Waals surface area contributed by atoms with Crippen molar-refractivity contribution in [3.05, 3.63) is 15.9 Å². The number of carbonyl (C=O) groups is 1. The molecule has 0 fully saturated rings. The van der Waals surface area contributed by atoms with Crippen molar-refractivity contribution in [2.24, 2.45) is 5.73 Å². The molecule has 1 amide bonds. The van der Waals surface area contributed by atoms with E-state index in [0.717, 1.165) is 0 Å². The second-order valence-electron chi connectivity index (χ2n) is 2.96. The molecule has 0 aliphatic rings. The number of primary amides is 1. The number of carbonyl (C=O) groups excluding carboxylic acids is 1. The molecule has 9 nitrogen and oxygen atoms in total. The van der Waals surface area contributed by atoms with E-state index in [1.54, 1.807) is 0 Å². The van der Waals surface area contributed by atoms with Gasteiger partial charge in [-0.05, 0) is 4.92 Å².